The number of esters is 1. The van der Waals surface area contributed by atoms with Crippen molar-refractivity contribution in [1.82, 2.24) is 25.1 Å². The Morgan fingerprint density at radius 1 is 0.952 bits per heavy atom. The second-order valence-electron chi connectivity index (χ2n) is 15.0. The molecule has 0 bridgehead atoms. The Morgan fingerprint density at radius 3 is 2.44 bits per heavy atom. The summed E-state index contributed by atoms with van der Waals surface area (Å²) >= 11 is 1.65. The average molecular weight is 863 g/mol. The van der Waals surface area contributed by atoms with E-state index < -0.39 is 22.0 Å². The summed E-state index contributed by atoms with van der Waals surface area (Å²) in [4.78, 5) is 35.1. The molecule has 4 aromatic heterocycles. The summed E-state index contributed by atoms with van der Waals surface area (Å²) in [6.45, 7) is 8.05. The molecule has 62 heavy (non-hydrogen) atoms. The zero-order valence-corrected chi connectivity index (χ0v) is 35.8. The molecule has 0 spiro atoms. The molecular weight excluding hydrogens is 825 g/mol. The van der Waals surface area contributed by atoms with E-state index in [0.717, 1.165) is 54.4 Å². The first-order chi connectivity index (χ1) is 29.8. The van der Waals surface area contributed by atoms with E-state index in [1.54, 1.807) is 47.9 Å². The topological polar surface area (TPSA) is 197 Å². The second-order valence-corrected chi connectivity index (χ2v) is 17.9. The first-order valence-electron chi connectivity index (χ1n) is 19.6. The minimum Gasteiger partial charge on any atom is -0.469 e. The van der Waals surface area contributed by atoms with Crippen molar-refractivity contribution in [2.24, 2.45) is 4.99 Å². The number of hydrogen-bond donors (Lipinski definition) is 3. The van der Waals surface area contributed by atoms with Crippen molar-refractivity contribution in [2.45, 2.75) is 51.6 Å². The smallest absolute Gasteiger partial charge is 0.308 e. The summed E-state index contributed by atoms with van der Waals surface area (Å²) in [6.07, 6.45) is 1.58. The Morgan fingerprint density at radius 2 is 1.69 bits per heavy atom. The van der Waals surface area contributed by atoms with Gasteiger partial charge in [0.25, 0.3) is 15.9 Å². The van der Waals surface area contributed by atoms with Gasteiger partial charge in [0.15, 0.2) is 11.6 Å². The zero-order valence-electron chi connectivity index (χ0n) is 34.2. The molecule has 5 heterocycles. The predicted octanol–water partition coefficient (Wildman–Crippen LogP) is 8.51. The molecule has 8 aromatic rings. The molecule has 310 valence electrons. The van der Waals surface area contributed by atoms with Crippen LogP contribution in [0.5, 0.6) is 0 Å². The van der Waals surface area contributed by atoms with Gasteiger partial charge in [0.2, 0.25) is 0 Å². The van der Waals surface area contributed by atoms with Crippen LogP contribution >= 0.6 is 11.3 Å². The number of ether oxygens (including phenoxy) is 1. The van der Waals surface area contributed by atoms with Gasteiger partial charge < -0.3 is 19.5 Å². The molecule has 4 aromatic carbocycles. The lowest BCUT2D eigenvalue weighted by Gasteiger charge is -2.12. The second kappa shape index (κ2) is 15.6. The van der Waals surface area contributed by atoms with Gasteiger partial charge in [0.1, 0.15) is 28.5 Å². The Labute approximate surface area is 360 Å². The lowest BCUT2D eigenvalue weighted by molar-refractivity contribution is -0.141. The van der Waals surface area contributed by atoms with Gasteiger partial charge >= 0.3 is 5.97 Å². The maximum atomic E-state index is 13.3. The number of furan rings is 1. The minimum absolute atomic E-state index is 0.0199. The van der Waals surface area contributed by atoms with Crippen molar-refractivity contribution in [3.8, 4) is 22.2 Å². The van der Waals surface area contributed by atoms with Gasteiger partial charge in [-0.15, -0.1) is 21.5 Å². The van der Waals surface area contributed by atoms with Crippen molar-refractivity contribution >= 4 is 66.5 Å². The number of amides is 1. The molecule has 0 saturated heterocycles. The number of thiophene rings is 1. The van der Waals surface area contributed by atoms with Crippen LogP contribution in [0.3, 0.4) is 0 Å². The maximum absolute atomic E-state index is 13.3. The van der Waals surface area contributed by atoms with Gasteiger partial charge in [0, 0.05) is 39.5 Å². The molecule has 0 radical (unpaired) electrons. The van der Waals surface area contributed by atoms with Gasteiger partial charge in [-0.3, -0.25) is 23.9 Å². The standard InChI is InChI=1S/C46H38N8O6S2/c1-24-6-16-35(43-40(24)33(21-47)23-48-43)53-62(57,58)34-14-7-28(8-15-34)22-49-45(56)38-19-32-18-31(13-17-37(32)60-38)29-9-11-30(12-10-29)42-41-25(2)26(3)61-46(41)54-27(4)51-52-44(54)36(50-42)20-39(55)59-5/h6-19,23,36,48,53H,20,22H2,1-5H3,(H,49,56)/t36-/m0/s1. The third kappa shape index (κ3) is 7.10. The van der Waals surface area contributed by atoms with Crippen molar-refractivity contribution in [2.75, 3.05) is 11.8 Å². The van der Waals surface area contributed by atoms with Crippen LogP contribution in [0.15, 0.2) is 105 Å². The summed E-state index contributed by atoms with van der Waals surface area (Å²) in [5, 5.41) is 23.5. The summed E-state index contributed by atoms with van der Waals surface area (Å²) in [5.74, 6) is 0.635. The van der Waals surface area contributed by atoms with Crippen molar-refractivity contribution < 1.29 is 27.2 Å². The number of carbonyl (C=O) groups excluding carboxylic acids is 2. The SMILES string of the molecule is COC(=O)C[C@@H]1N=C(c2ccc(-c3ccc4oc(C(=O)NCc5ccc(S(=O)(=O)Nc6ccc(C)c7c(C#N)c[nH]c67)cc5)cc4c3)cc2)c2c(sc(C)c2C)-n2c(C)nnc21. The molecule has 16 heteroatoms. The molecule has 1 amide bonds. The highest BCUT2D eigenvalue weighted by Gasteiger charge is 2.33. The molecule has 9 rings (SSSR count). The van der Waals surface area contributed by atoms with Gasteiger partial charge in [0.05, 0.1) is 40.9 Å². The fraction of sp³-hybridized carbons (Fsp3) is 0.174. The fourth-order valence-electron chi connectivity index (χ4n) is 7.77. The minimum atomic E-state index is -3.96. The molecule has 1 atom stereocenters. The van der Waals surface area contributed by atoms with Crippen LogP contribution in [-0.2, 0) is 26.1 Å². The quantitative estimate of drug-likeness (QED) is 0.113. The Balaban J connectivity index is 0.899. The number of nitrogens with one attached hydrogen (secondary N) is 3. The number of anilines is 1. The number of sulfonamides is 1. The van der Waals surface area contributed by atoms with Crippen LogP contribution < -0.4 is 10.0 Å². The molecular formula is C46H38N8O6S2. The first-order valence-corrected chi connectivity index (χ1v) is 21.9. The molecule has 0 saturated carbocycles. The van der Waals surface area contributed by atoms with Crippen molar-refractivity contribution in [3.05, 3.63) is 147 Å². The maximum Gasteiger partial charge on any atom is 0.308 e. The Kier molecular flexibility index (Phi) is 10.1. The Bertz CT molecular complexity index is 3300. The number of aromatic amines is 1. The number of methoxy groups -OCH3 is 1. The summed E-state index contributed by atoms with van der Waals surface area (Å²) in [6, 6.07) is 26.7. The zero-order chi connectivity index (χ0) is 43.4. The molecule has 0 aliphatic carbocycles. The third-order valence-corrected chi connectivity index (χ3v) is 13.7. The van der Waals surface area contributed by atoms with Crippen LogP contribution in [0, 0.1) is 39.0 Å². The van der Waals surface area contributed by atoms with Crippen LogP contribution in [-0.4, -0.2) is 52.9 Å². The van der Waals surface area contributed by atoms with Crippen LogP contribution in [0.2, 0.25) is 0 Å². The van der Waals surface area contributed by atoms with E-state index in [9.17, 15) is 23.3 Å². The van der Waals surface area contributed by atoms with E-state index in [0.29, 0.717) is 44.9 Å². The molecule has 14 nitrogen and oxygen atoms in total. The number of rotatable bonds is 10. The predicted molar refractivity (Wildman–Crippen MR) is 236 cm³/mol. The first kappa shape index (κ1) is 40.1. The average Bonchev–Trinajstić information content (AvgIpc) is 4.05. The Hall–Kier alpha value is -7.35. The van der Waals surface area contributed by atoms with Gasteiger partial charge in [-0.1, -0.05) is 48.5 Å². The van der Waals surface area contributed by atoms with E-state index in [4.69, 9.17) is 14.1 Å². The van der Waals surface area contributed by atoms with Gasteiger partial charge in [-0.2, -0.15) is 5.26 Å². The fourth-order valence-corrected chi connectivity index (χ4v) is 10.1. The van der Waals surface area contributed by atoms with Crippen LogP contribution in [0.4, 0.5) is 5.69 Å². The number of benzene rings is 4. The summed E-state index contributed by atoms with van der Waals surface area (Å²) in [7, 11) is -2.60. The number of aryl methyl sites for hydroxylation is 3. The lowest BCUT2D eigenvalue weighted by atomic mass is 9.96. The van der Waals surface area contributed by atoms with E-state index in [1.165, 1.54) is 19.2 Å². The number of hydrogen-bond acceptors (Lipinski definition) is 11. The van der Waals surface area contributed by atoms with E-state index in [1.807, 2.05) is 60.9 Å². The third-order valence-electron chi connectivity index (χ3n) is 11.2. The highest BCUT2D eigenvalue weighted by Crippen LogP contribution is 2.40. The number of aliphatic imine (C=N–C) groups is 1. The van der Waals surface area contributed by atoms with Crippen molar-refractivity contribution in [3.63, 3.8) is 0 Å². The molecule has 3 N–H and O–H groups in total. The van der Waals surface area contributed by atoms with Crippen molar-refractivity contribution in [1.29, 1.82) is 5.26 Å². The molecule has 1 aliphatic rings. The van der Waals surface area contributed by atoms with Gasteiger partial charge in [-0.05, 0) is 91.9 Å². The number of nitrogens with zero attached hydrogens (tertiary/aromatic N) is 5. The van der Waals surface area contributed by atoms with Crippen LogP contribution in [0.1, 0.15) is 72.9 Å². The van der Waals surface area contributed by atoms with Crippen LogP contribution in [0.25, 0.3) is 38.0 Å². The molecule has 1 aliphatic heterocycles. The van der Waals surface area contributed by atoms with Gasteiger partial charge in [-0.25, -0.2) is 8.42 Å². The van der Waals surface area contributed by atoms with E-state index in [2.05, 4.69) is 45.1 Å². The van der Waals surface area contributed by atoms with E-state index >= 15 is 0 Å². The number of fused-ring (bicyclic) bond motifs is 5. The summed E-state index contributed by atoms with van der Waals surface area (Å²) in [5.41, 5.74) is 8.97. The lowest BCUT2D eigenvalue weighted by Crippen LogP contribution is -2.22. The molecule has 0 unspecified atom stereocenters. The van der Waals surface area contributed by atoms with E-state index in [-0.39, 0.29) is 29.6 Å². The molecule has 0 fully saturated rings. The summed E-state index contributed by atoms with van der Waals surface area (Å²) < 4.78 is 42.2. The monoisotopic (exact) mass is 862 g/mol. The number of nitriles is 1. The largest absolute Gasteiger partial charge is 0.469 e. The number of H-pyrrole nitrogens is 1. The highest BCUT2D eigenvalue weighted by atomic mass is 32.2. The number of carbonyl (C=O) groups is 2. The normalized spacial score (nSPS) is 13.5. The highest BCUT2D eigenvalue weighted by molar-refractivity contribution is 7.92. The number of aromatic nitrogens is 4.